The number of likely N-dealkylation sites (tertiary alicyclic amines) is 1. The highest BCUT2D eigenvalue weighted by atomic mass is 32.1. The van der Waals surface area contributed by atoms with E-state index in [0.29, 0.717) is 12.0 Å². The molecule has 13 heavy (non-hydrogen) atoms. The largest absolute Gasteiger partial charge is 0.330 e. The number of nitrogens with zero attached hydrogens (tertiary/aromatic N) is 1. The van der Waals surface area contributed by atoms with E-state index in [1.54, 1.807) is 0 Å². The zero-order valence-electron chi connectivity index (χ0n) is 7.94. The second kappa shape index (κ2) is 3.78. The van der Waals surface area contributed by atoms with Crippen LogP contribution in [0.25, 0.3) is 0 Å². The monoisotopic (exact) mass is 196 g/mol. The van der Waals surface area contributed by atoms with Crippen LogP contribution in [-0.4, -0.2) is 25.0 Å². The predicted octanol–water partition coefficient (Wildman–Crippen LogP) is 1.70. The first-order valence-electron chi connectivity index (χ1n) is 4.76. The van der Waals surface area contributed by atoms with Gasteiger partial charge in [0.1, 0.15) is 0 Å². The Bertz CT molecular complexity index is 258. The molecule has 0 bridgehead atoms. The molecule has 2 rings (SSSR count). The first-order chi connectivity index (χ1) is 6.33. The summed E-state index contributed by atoms with van der Waals surface area (Å²) < 4.78 is 0. The van der Waals surface area contributed by atoms with Crippen LogP contribution in [-0.2, 0) is 0 Å². The van der Waals surface area contributed by atoms with Crippen LogP contribution in [0.1, 0.15) is 17.3 Å². The summed E-state index contributed by atoms with van der Waals surface area (Å²) in [6.45, 7) is 2.00. The minimum absolute atomic E-state index is 0.574. The van der Waals surface area contributed by atoms with Crippen molar-refractivity contribution in [2.45, 2.75) is 12.5 Å². The second-order valence-electron chi connectivity index (χ2n) is 3.73. The second-order valence-corrected chi connectivity index (χ2v) is 4.70. The summed E-state index contributed by atoms with van der Waals surface area (Å²) in [6.07, 6.45) is 1.25. The van der Waals surface area contributed by atoms with Crippen LogP contribution in [0.2, 0.25) is 0 Å². The standard InChI is InChI=1S/C10H16N2S/c1-12-5-4-8(7-11)10(12)9-3-2-6-13-9/h2-3,6,8,10H,4-5,7,11H2,1H3/t8-,10-/m0/s1. The van der Waals surface area contributed by atoms with Crippen molar-refractivity contribution in [2.75, 3.05) is 20.1 Å². The van der Waals surface area contributed by atoms with Crippen molar-refractivity contribution in [3.8, 4) is 0 Å². The van der Waals surface area contributed by atoms with Gasteiger partial charge in [0.15, 0.2) is 0 Å². The summed E-state index contributed by atoms with van der Waals surface area (Å²) in [4.78, 5) is 3.89. The molecule has 0 aliphatic carbocycles. The van der Waals surface area contributed by atoms with E-state index in [-0.39, 0.29) is 0 Å². The van der Waals surface area contributed by atoms with E-state index in [2.05, 4.69) is 29.5 Å². The smallest absolute Gasteiger partial charge is 0.0479 e. The zero-order chi connectivity index (χ0) is 9.26. The van der Waals surface area contributed by atoms with Crippen LogP contribution in [0.15, 0.2) is 17.5 Å². The van der Waals surface area contributed by atoms with Crippen molar-refractivity contribution in [1.82, 2.24) is 4.90 Å². The summed E-state index contributed by atoms with van der Waals surface area (Å²) in [6, 6.07) is 4.92. The molecule has 1 fully saturated rings. The first-order valence-corrected chi connectivity index (χ1v) is 5.64. The quantitative estimate of drug-likeness (QED) is 0.780. The Morgan fingerprint density at radius 3 is 3.15 bits per heavy atom. The summed E-state index contributed by atoms with van der Waals surface area (Å²) in [5.74, 6) is 0.656. The fourth-order valence-corrected chi connectivity index (χ4v) is 3.17. The number of hydrogen-bond donors (Lipinski definition) is 1. The molecule has 2 heterocycles. The van der Waals surface area contributed by atoms with Crippen LogP contribution in [0.5, 0.6) is 0 Å². The molecule has 3 heteroatoms. The minimum atomic E-state index is 0.574. The van der Waals surface area contributed by atoms with Gasteiger partial charge < -0.3 is 5.73 Å². The van der Waals surface area contributed by atoms with Crippen LogP contribution >= 0.6 is 11.3 Å². The SMILES string of the molecule is CN1CC[C@@H](CN)[C@H]1c1cccs1. The third-order valence-electron chi connectivity index (χ3n) is 2.91. The Morgan fingerprint density at radius 1 is 1.69 bits per heavy atom. The highest BCUT2D eigenvalue weighted by Crippen LogP contribution is 2.37. The summed E-state index contributed by atoms with van der Waals surface area (Å²) in [5, 5.41) is 2.15. The maximum atomic E-state index is 5.77. The molecule has 1 saturated heterocycles. The highest BCUT2D eigenvalue weighted by molar-refractivity contribution is 7.10. The predicted molar refractivity (Wildman–Crippen MR) is 56.9 cm³/mol. The molecule has 0 saturated carbocycles. The van der Waals surface area contributed by atoms with Crippen molar-refractivity contribution in [3.63, 3.8) is 0 Å². The first kappa shape index (κ1) is 9.19. The van der Waals surface area contributed by atoms with Gasteiger partial charge in [0.25, 0.3) is 0 Å². The molecule has 1 aliphatic heterocycles. The normalized spacial score (nSPS) is 29.7. The molecular formula is C10H16N2S. The molecule has 2 N–H and O–H groups in total. The summed E-state index contributed by atoms with van der Waals surface area (Å²) >= 11 is 1.85. The van der Waals surface area contributed by atoms with E-state index < -0.39 is 0 Å². The van der Waals surface area contributed by atoms with Gasteiger partial charge in [0, 0.05) is 10.9 Å². The molecule has 1 aliphatic rings. The average Bonchev–Trinajstić information content (AvgIpc) is 2.72. The van der Waals surface area contributed by atoms with Crippen LogP contribution in [0.4, 0.5) is 0 Å². The zero-order valence-corrected chi connectivity index (χ0v) is 8.76. The lowest BCUT2D eigenvalue weighted by Crippen LogP contribution is -2.24. The Morgan fingerprint density at radius 2 is 2.54 bits per heavy atom. The van der Waals surface area contributed by atoms with Gasteiger partial charge in [-0.3, -0.25) is 4.90 Å². The van der Waals surface area contributed by atoms with Crippen LogP contribution in [0, 0.1) is 5.92 Å². The van der Waals surface area contributed by atoms with Gasteiger partial charge in [-0.15, -0.1) is 11.3 Å². The number of thiophene rings is 1. The van der Waals surface area contributed by atoms with Gasteiger partial charge in [-0.1, -0.05) is 6.07 Å². The van der Waals surface area contributed by atoms with Crippen molar-refractivity contribution in [1.29, 1.82) is 0 Å². The molecule has 0 unspecified atom stereocenters. The third-order valence-corrected chi connectivity index (χ3v) is 3.85. The maximum Gasteiger partial charge on any atom is 0.0479 e. The molecule has 1 aromatic heterocycles. The lowest BCUT2D eigenvalue weighted by molar-refractivity contribution is 0.284. The number of rotatable bonds is 2. The Kier molecular flexibility index (Phi) is 2.67. The lowest BCUT2D eigenvalue weighted by Gasteiger charge is -2.22. The van der Waals surface area contributed by atoms with Crippen molar-refractivity contribution in [2.24, 2.45) is 11.7 Å². The lowest BCUT2D eigenvalue weighted by atomic mass is 9.99. The van der Waals surface area contributed by atoms with Gasteiger partial charge in [0.05, 0.1) is 0 Å². The molecule has 0 amide bonds. The van der Waals surface area contributed by atoms with Gasteiger partial charge in [-0.2, -0.15) is 0 Å². The summed E-state index contributed by atoms with van der Waals surface area (Å²) in [5.41, 5.74) is 5.77. The third kappa shape index (κ3) is 1.64. The Labute approximate surface area is 83.4 Å². The molecule has 0 aromatic carbocycles. The fraction of sp³-hybridized carbons (Fsp3) is 0.600. The molecule has 1 aromatic rings. The average molecular weight is 196 g/mol. The number of hydrogen-bond acceptors (Lipinski definition) is 3. The van der Waals surface area contributed by atoms with E-state index in [0.717, 1.165) is 6.54 Å². The molecule has 2 nitrogen and oxygen atoms in total. The molecule has 0 radical (unpaired) electrons. The molecular weight excluding hydrogens is 180 g/mol. The fourth-order valence-electron chi connectivity index (χ4n) is 2.18. The van der Waals surface area contributed by atoms with E-state index in [4.69, 9.17) is 5.73 Å². The van der Waals surface area contributed by atoms with Crippen molar-refractivity contribution >= 4 is 11.3 Å². The Hall–Kier alpha value is -0.380. The summed E-state index contributed by atoms with van der Waals surface area (Å²) in [7, 11) is 2.19. The topological polar surface area (TPSA) is 29.3 Å². The Balaban J connectivity index is 2.20. The molecule has 72 valence electrons. The maximum absolute atomic E-state index is 5.77. The van der Waals surface area contributed by atoms with Crippen molar-refractivity contribution in [3.05, 3.63) is 22.4 Å². The molecule has 0 spiro atoms. The van der Waals surface area contributed by atoms with Gasteiger partial charge >= 0.3 is 0 Å². The van der Waals surface area contributed by atoms with Gasteiger partial charge in [-0.25, -0.2) is 0 Å². The van der Waals surface area contributed by atoms with Crippen molar-refractivity contribution < 1.29 is 0 Å². The van der Waals surface area contributed by atoms with E-state index in [1.807, 2.05) is 11.3 Å². The van der Waals surface area contributed by atoms with Crippen LogP contribution < -0.4 is 5.73 Å². The van der Waals surface area contributed by atoms with E-state index in [9.17, 15) is 0 Å². The van der Waals surface area contributed by atoms with Crippen LogP contribution in [0.3, 0.4) is 0 Å². The van der Waals surface area contributed by atoms with Gasteiger partial charge in [0.2, 0.25) is 0 Å². The van der Waals surface area contributed by atoms with E-state index in [1.165, 1.54) is 17.8 Å². The highest BCUT2D eigenvalue weighted by Gasteiger charge is 2.32. The number of nitrogens with two attached hydrogens (primary N) is 1. The molecule has 2 atom stereocenters. The minimum Gasteiger partial charge on any atom is -0.330 e. The van der Waals surface area contributed by atoms with E-state index >= 15 is 0 Å². The van der Waals surface area contributed by atoms with Gasteiger partial charge in [-0.05, 0) is 43.9 Å².